The van der Waals surface area contributed by atoms with Gasteiger partial charge in [-0.1, -0.05) is 6.07 Å². The van der Waals surface area contributed by atoms with E-state index in [0.29, 0.717) is 29.4 Å². The largest absolute Gasteiger partial charge is 0.491 e. The number of amides is 1. The lowest BCUT2D eigenvalue weighted by Gasteiger charge is -2.16. The van der Waals surface area contributed by atoms with Crippen LogP contribution >= 0.6 is 0 Å². The van der Waals surface area contributed by atoms with Gasteiger partial charge in [0.25, 0.3) is 5.91 Å². The van der Waals surface area contributed by atoms with Crippen LogP contribution in [0.15, 0.2) is 48.9 Å². The zero-order valence-electron chi connectivity index (χ0n) is 17.0. The number of carbonyl (C=O) groups is 1. The molecule has 1 aromatic carbocycles. The number of benzene rings is 1. The number of fused-ring (bicyclic) bond motifs is 2. The van der Waals surface area contributed by atoms with Crippen molar-refractivity contribution < 1.29 is 14.3 Å². The highest BCUT2D eigenvalue weighted by molar-refractivity contribution is 5.94. The van der Waals surface area contributed by atoms with Crippen molar-refractivity contribution in [1.29, 1.82) is 0 Å². The highest BCUT2D eigenvalue weighted by atomic mass is 16.6. The molecule has 1 fully saturated rings. The molecule has 0 unspecified atom stereocenters. The third kappa shape index (κ3) is 3.64. The molecule has 5 rings (SSSR count). The maximum atomic E-state index is 11.8. The molecule has 1 aliphatic rings. The molecule has 0 radical (unpaired) electrons. The first-order chi connectivity index (χ1) is 15.1. The van der Waals surface area contributed by atoms with Crippen LogP contribution in [0.4, 0.5) is 5.82 Å². The third-order valence-corrected chi connectivity index (χ3v) is 5.49. The monoisotopic (exact) mass is 418 g/mol. The summed E-state index contributed by atoms with van der Waals surface area (Å²) in [7, 11) is 1.58. The highest BCUT2D eigenvalue weighted by Crippen LogP contribution is 2.32. The summed E-state index contributed by atoms with van der Waals surface area (Å²) >= 11 is 0. The van der Waals surface area contributed by atoms with Crippen LogP contribution in [0.25, 0.3) is 21.9 Å². The molecule has 0 saturated carbocycles. The Morgan fingerprint density at radius 3 is 3.00 bits per heavy atom. The molecule has 0 aliphatic carbocycles. The van der Waals surface area contributed by atoms with Crippen molar-refractivity contribution in [3.63, 3.8) is 0 Å². The van der Waals surface area contributed by atoms with Crippen LogP contribution in [0.2, 0.25) is 0 Å². The molecule has 4 aromatic rings. The zero-order valence-corrected chi connectivity index (χ0v) is 17.0. The van der Waals surface area contributed by atoms with Gasteiger partial charge in [0.2, 0.25) is 0 Å². The Labute approximate surface area is 178 Å². The number of pyridine rings is 1. The molecule has 1 aliphatic heterocycles. The summed E-state index contributed by atoms with van der Waals surface area (Å²) in [5, 5.41) is 4.35. The lowest BCUT2D eigenvalue weighted by molar-refractivity contribution is -0.0156. The minimum absolute atomic E-state index is 0.0394. The molecule has 9 heteroatoms. The van der Waals surface area contributed by atoms with Gasteiger partial charge >= 0.3 is 0 Å². The molecular weight excluding hydrogens is 396 g/mol. The SMILES string of the molecule is CNC(=O)c1ccc2ccc(OC[C@@H]3CC[C@H](n4ccc5c(N)ncnc54)O3)cc2n1. The molecule has 2 atom stereocenters. The summed E-state index contributed by atoms with van der Waals surface area (Å²) in [4.78, 5) is 24.6. The Bertz CT molecular complexity index is 1270. The van der Waals surface area contributed by atoms with Crippen LogP contribution < -0.4 is 15.8 Å². The number of nitrogens with zero attached hydrogens (tertiary/aromatic N) is 4. The molecule has 4 heterocycles. The summed E-state index contributed by atoms with van der Waals surface area (Å²) in [6, 6.07) is 11.2. The first-order valence-electron chi connectivity index (χ1n) is 10.1. The van der Waals surface area contributed by atoms with Crippen molar-refractivity contribution in [1.82, 2.24) is 24.8 Å². The van der Waals surface area contributed by atoms with Gasteiger partial charge in [-0.3, -0.25) is 4.79 Å². The summed E-state index contributed by atoms with van der Waals surface area (Å²) < 4.78 is 14.2. The van der Waals surface area contributed by atoms with E-state index in [4.69, 9.17) is 15.2 Å². The number of rotatable bonds is 5. The number of nitrogens with two attached hydrogens (primary N) is 1. The van der Waals surface area contributed by atoms with Crippen molar-refractivity contribution in [2.45, 2.75) is 25.2 Å². The minimum Gasteiger partial charge on any atom is -0.491 e. The van der Waals surface area contributed by atoms with E-state index in [9.17, 15) is 4.79 Å². The molecule has 31 heavy (non-hydrogen) atoms. The zero-order chi connectivity index (χ0) is 21.4. The highest BCUT2D eigenvalue weighted by Gasteiger charge is 2.28. The smallest absolute Gasteiger partial charge is 0.269 e. The second kappa shape index (κ2) is 7.84. The van der Waals surface area contributed by atoms with E-state index in [1.165, 1.54) is 6.33 Å². The van der Waals surface area contributed by atoms with Gasteiger partial charge in [0.05, 0.1) is 17.0 Å². The summed E-state index contributed by atoms with van der Waals surface area (Å²) in [5.41, 5.74) is 7.78. The van der Waals surface area contributed by atoms with Crippen molar-refractivity contribution in [3.05, 3.63) is 54.6 Å². The normalized spacial score (nSPS) is 18.5. The number of aromatic nitrogens is 4. The van der Waals surface area contributed by atoms with Crippen LogP contribution in [0, 0.1) is 0 Å². The summed E-state index contributed by atoms with van der Waals surface area (Å²) in [5.74, 6) is 0.933. The average molecular weight is 418 g/mol. The van der Waals surface area contributed by atoms with Crippen LogP contribution in [-0.4, -0.2) is 45.2 Å². The van der Waals surface area contributed by atoms with E-state index in [1.54, 1.807) is 13.1 Å². The molecule has 3 aromatic heterocycles. The summed E-state index contributed by atoms with van der Waals surface area (Å²) in [6.45, 7) is 0.424. The quantitative estimate of drug-likeness (QED) is 0.512. The standard InChI is InChI=1S/C22H22N6O3/c1-24-22(29)17-6-3-13-2-4-14(10-18(13)27-17)30-11-15-5-7-19(31-15)28-9-8-16-20(23)25-12-26-21(16)28/h2-4,6,8-10,12,15,19H,5,7,11H2,1H3,(H,24,29)(H2,23,25,26)/t15-,19+/m0/s1. The van der Waals surface area contributed by atoms with E-state index in [-0.39, 0.29) is 18.2 Å². The number of hydrogen-bond donors (Lipinski definition) is 2. The number of hydrogen-bond acceptors (Lipinski definition) is 7. The van der Waals surface area contributed by atoms with Crippen LogP contribution in [0.3, 0.4) is 0 Å². The predicted molar refractivity (Wildman–Crippen MR) is 116 cm³/mol. The van der Waals surface area contributed by atoms with E-state index >= 15 is 0 Å². The lowest BCUT2D eigenvalue weighted by atomic mass is 10.2. The number of nitrogens with one attached hydrogen (secondary N) is 1. The summed E-state index contributed by atoms with van der Waals surface area (Å²) in [6.07, 6.45) is 4.97. The van der Waals surface area contributed by atoms with E-state index in [0.717, 1.165) is 29.3 Å². The van der Waals surface area contributed by atoms with E-state index < -0.39 is 0 Å². The third-order valence-electron chi connectivity index (χ3n) is 5.49. The lowest BCUT2D eigenvalue weighted by Crippen LogP contribution is -2.19. The van der Waals surface area contributed by atoms with Gasteiger partial charge < -0.3 is 25.1 Å². The first kappa shape index (κ1) is 19.3. The Hall–Kier alpha value is -3.72. The number of anilines is 1. The Morgan fingerprint density at radius 2 is 2.13 bits per heavy atom. The number of nitrogen functional groups attached to an aromatic ring is 1. The van der Waals surface area contributed by atoms with E-state index in [2.05, 4.69) is 20.3 Å². The van der Waals surface area contributed by atoms with Crippen molar-refractivity contribution in [2.24, 2.45) is 0 Å². The second-order valence-electron chi connectivity index (χ2n) is 7.45. The van der Waals surface area contributed by atoms with Gasteiger partial charge in [-0.05, 0) is 37.1 Å². The molecule has 9 nitrogen and oxygen atoms in total. The van der Waals surface area contributed by atoms with Gasteiger partial charge in [0.15, 0.2) is 0 Å². The number of ether oxygens (including phenoxy) is 2. The molecule has 0 spiro atoms. The Balaban J connectivity index is 1.26. The molecule has 3 N–H and O–H groups in total. The second-order valence-corrected chi connectivity index (χ2v) is 7.45. The molecule has 158 valence electrons. The molecule has 1 amide bonds. The first-order valence-corrected chi connectivity index (χ1v) is 10.1. The minimum atomic E-state index is -0.219. The van der Waals surface area contributed by atoms with Crippen LogP contribution in [0.1, 0.15) is 29.6 Å². The van der Waals surface area contributed by atoms with Gasteiger partial charge in [-0.2, -0.15) is 0 Å². The van der Waals surface area contributed by atoms with E-state index in [1.807, 2.05) is 41.1 Å². The van der Waals surface area contributed by atoms with Gasteiger partial charge in [-0.25, -0.2) is 15.0 Å². The molecular formula is C22H22N6O3. The maximum absolute atomic E-state index is 11.8. The topological polar surface area (TPSA) is 117 Å². The fraction of sp³-hybridized carbons (Fsp3) is 0.273. The van der Waals surface area contributed by atoms with Gasteiger partial charge in [0.1, 0.15) is 42.1 Å². The fourth-order valence-corrected chi connectivity index (χ4v) is 3.87. The maximum Gasteiger partial charge on any atom is 0.269 e. The Morgan fingerprint density at radius 1 is 1.26 bits per heavy atom. The van der Waals surface area contributed by atoms with Crippen molar-refractivity contribution in [2.75, 3.05) is 19.4 Å². The van der Waals surface area contributed by atoms with Crippen LogP contribution in [0.5, 0.6) is 5.75 Å². The van der Waals surface area contributed by atoms with Gasteiger partial charge in [0, 0.05) is 24.7 Å². The average Bonchev–Trinajstić information content (AvgIpc) is 3.44. The number of carbonyl (C=O) groups excluding carboxylic acids is 1. The van der Waals surface area contributed by atoms with Crippen molar-refractivity contribution in [3.8, 4) is 5.75 Å². The van der Waals surface area contributed by atoms with Crippen molar-refractivity contribution >= 4 is 33.7 Å². The molecule has 1 saturated heterocycles. The van der Waals surface area contributed by atoms with Gasteiger partial charge in [-0.15, -0.1) is 0 Å². The Kier molecular flexibility index (Phi) is 4.87. The van der Waals surface area contributed by atoms with Crippen LogP contribution in [-0.2, 0) is 4.74 Å². The fourth-order valence-electron chi connectivity index (χ4n) is 3.87. The predicted octanol–water partition coefficient (Wildman–Crippen LogP) is 2.68. The molecule has 0 bridgehead atoms.